The molecule has 4 aromatic rings. The van der Waals surface area contributed by atoms with Crippen molar-refractivity contribution in [3.8, 4) is 11.5 Å². The number of para-hydroxylation sites is 1. The molecule has 0 N–H and O–H groups in total. The molecule has 1 atom stereocenters. The summed E-state index contributed by atoms with van der Waals surface area (Å²) < 4.78 is 24.2. The Morgan fingerprint density at radius 1 is 1.05 bits per heavy atom. The van der Waals surface area contributed by atoms with Crippen LogP contribution in [0.15, 0.2) is 81.7 Å². The number of carbonyl (C=O) groups excluding carboxylic acids is 1. The Balaban J connectivity index is 1.75. The van der Waals surface area contributed by atoms with Gasteiger partial charge < -0.3 is 18.9 Å². The number of carbonyl (C=O) groups is 1. The largest absolute Gasteiger partial charge is 0.493 e. The summed E-state index contributed by atoms with van der Waals surface area (Å²) >= 11 is 1.28. The molecular formula is C31H30N2O6S. The minimum atomic E-state index is -0.836. The zero-order valence-electron chi connectivity index (χ0n) is 22.8. The predicted octanol–water partition coefficient (Wildman–Crippen LogP) is 3.99. The average Bonchev–Trinajstić information content (AvgIpc) is 3.26. The maximum atomic E-state index is 14.1. The Morgan fingerprint density at radius 3 is 2.60 bits per heavy atom. The number of esters is 1. The zero-order valence-corrected chi connectivity index (χ0v) is 23.6. The van der Waals surface area contributed by atoms with Crippen LogP contribution in [-0.2, 0) is 14.3 Å². The third-order valence-corrected chi connectivity index (χ3v) is 7.67. The SMILES string of the molecule is CCOc1c(OC)cccc1[C@H]1C(C(=O)OCCOC)=C(C)N=c2s/c(=C/c3cccc4ccccc34)c(=O)n21. The van der Waals surface area contributed by atoms with Crippen molar-refractivity contribution in [2.24, 2.45) is 4.99 Å². The summed E-state index contributed by atoms with van der Waals surface area (Å²) in [4.78, 5) is 32.8. The molecule has 1 aliphatic rings. The van der Waals surface area contributed by atoms with Gasteiger partial charge in [0.25, 0.3) is 5.56 Å². The number of benzene rings is 3. The van der Waals surface area contributed by atoms with Gasteiger partial charge in [-0.2, -0.15) is 0 Å². The van der Waals surface area contributed by atoms with E-state index in [2.05, 4.69) is 0 Å². The molecule has 0 amide bonds. The van der Waals surface area contributed by atoms with E-state index in [-0.39, 0.29) is 24.3 Å². The second-order valence-corrected chi connectivity index (χ2v) is 10.1. The van der Waals surface area contributed by atoms with Crippen molar-refractivity contribution in [2.45, 2.75) is 19.9 Å². The van der Waals surface area contributed by atoms with E-state index in [1.807, 2.05) is 67.6 Å². The minimum absolute atomic E-state index is 0.0702. The second kappa shape index (κ2) is 11.9. The Hall–Kier alpha value is -4.21. The van der Waals surface area contributed by atoms with Gasteiger partial charge in [0.1, 0.15) is 12.6 Å². The van der Waals surface area contributed by atoms with Gasteiger partial charge in [0.05, 0.1) is 36.1 Å². The first-order chi connectivity index (χ1) is 19.5. The molecule has 5 rings (SSSR count). The third kappa shape index (κ3) is 5.05. The molecule has 0 saturated carbocycles. The van der Waals surface area contributed by atoms with Crippen molar-refractivity contribution in [1.82, 2.24) is 4.57 Å². The molecular weight excluding hydrogens is 528 g/mol. The van der Waals surface area contributed by atoms with Gasteiger partial charge >= 0.3 is 5.97 Å². The topological polar surface area (TPSA) is 88.4 Å². The fourth-order valence-corrected chi connectivity index (χ4v) is 5.94. The summed E-state index contributed by atoms with van der Waals surface area (Å²) in [5.74, 6) is 0.383. The monoisotopic (exact) mass is 558 g/mol. The van der Waals surface area contributed by atoms with E-state index in [1.54, 1.807) is 24.7 Å². The number of allylic oxidation sites excluding steroid dienone is 1. The highest BCUT2D eigenvalue weighted by molar-refractivity contribution is 7.07. The normalized spacial score (nSPS) is 15.1. The highest BCUT2D eigenvalue weighted by atomic mass is 32.1. The van der Waals surface area contributed by atoms with Gasteiger partial charge in [-0.1, -0.05) is 65.9 Å². The maximum Gasteiger partial charge on any atom is 0.338 e. The van der Waals surface area contributed by atoms with Crippen molar-refractivity contribution >= 4 is 34.2 Å². The lowest BCUT2D eigenvalue weighted by Crippen LogP contribution is -2.40. The van der Waals surface area contributed by atoms with Crippen LogP contribution >= 0.6 is 11.3 Å². The lowest BCUT2D eigenvalue weighted by atomic mass is 9.94. The molecule has 0 spiro atoms. The number of hydrogen-bond donors (Lipinski definition) is 0. The van der Waals surface area contributed by atoms with Crippen LogP contribution in [0.5, 0.6) is 11.5 Å². The van der Waals surface area contributed by atoms with Gasteiger partial charge in [-0.05, 0) is 42.3 Å². The lowest BCUT2D eigenvalue weighted by molar-refractivity contribution is -0.140. The Morgan fingerprint density at radius 2 is 1.82 bits per heavy atom. The van der Waals surface area contributed by atoms with Crippen LogP contribution in [0.2, 0.25) is 0 Å². The maximum absolute atomic E-state index is 14.1. The lowest BCUT2D eigenvalue weighted by Gasteiger charge is -2.27. The summed E-state index contributed by atoms with van der Waals surface area (Å²) in [6.07, 6.45) is 1.88. The van der Waals surface area contributed by atoms with Crippen molar-refractivity contribution in [1.29, 1.82) is 0 Å². The number of hydrogen-bond acceptors (Lipinski definition) is 8. The van der Waals surface area contributed by atoms with E-state index >= 15 is 0 Å². The first kappa shape index (κ1) is 27.4. The molecule has 1 aromatic heterocycles. The quantitative estimate of drug-likeness (QED) is 0.228. The number of thiazole rings is 1. The first-order valence-electron chi connectivity index (χ1n) is 12.9. The molecule has 3 aromatic carbocycles. The fourth-order valence-electron chi connectivity index (χ4n) is 4.90. The molecule has 0 aliphatic carbocycles. The summed E-state index contributed by atoms with van der Waals surface area (Å²) in [5, 5.41) is 2.12. The molecule has 0 saturated heterocycles. The first-order valence-corrected chi connectivity index (χ1v) is 13.8. The fraction of sp³-hybridized carbons (Fsp3) is 0.258. The Bertz CT molecular complexity index is 1780. The third-order valence-electron chi connectivity index (χ3n) is 6.68. The molecule has 206 valence electrons. The van der Waals surface area contributed by atoms with E-state index in [1.165, 1.54) is 18.4 Å². The van der Waals surface area contributed by atoms with E-state index < -0.39 is 12.0 Å². The van der Waals surface area contributed by atoms with Gasteiger partial charge in [0, 0.05) is 12.7 Å². The number of rotatable bonds is 9. The number of fused-ring (bicyclic) bond motifs is 2. The van der Waals surface area contributed by atoms with Crippen molar-refractivity contribution < 1.29 is 23.7 Å². The molecule has 40 heavy (non-hydrogen) atoms. The zero-order chi connectivity index (χ0) is 28.2. The smallest absolute Gasteiger partial charge is 0.338 e. The molecule has 0 unspecified atom stereocenters. The standard InChI is InChI=1S/C31H30N2O6S/c1-5-38-28-23(14-9-15-24(28)37-4)27-26(30(35)39-17-16-36-3)19(2)32-31-33(27)29(34)25(40-31)18-21-12-8-11-20-10-6-7-13-22(20)21/h6-15,18,27H,5,16-17H2,1-4H3/b25-18+/t27-/m0/s1. The summed E-state index contributed by atoms with van der Waals surface area (Å²) in [6.45, 7) is 4.30. The highest BCUT2D eigenvalue weighted by Gasteiger charge is 2.36. The highest BCUT2D eigenvalue weighted by Crippen LogP contribution is 2.40. The van der Waals surface area contributed by atoms with Crippen LogP contribution in [-0.4, -0.2) is 44.6 Å². The van der Waals surface area contributed by atoms with Crippen LogP contribution in [0.1, 0.15) is 31.0 Å². The van der Waals surface area contributed by atoms with Crippen LogP contribution in [0.4, 0.5) is 0 Å². The van der Waals surface area contributed by atoms with Crippen molar-refractivity contribution in [2.75, 3.05) is 34.0 Å². The van der Waals surface area contributed by atoms with E-state index in [0.717, 1.165) is 16.3 Å². The number of aromatic nitrogens is 1. The van der Waals surface area contributed by atoms with Crippen LogP contribution in [0.3, 0.4) is 0 Å². The second-order valence-electron chi connectivity index (χ2n) is 9.09. The molecule has 8 nitrogen and oxygen atoms in total. The van der Waals surface area contributed by atoms with Gasteiger partial charge in [0.15, 0.2) is 16.3 Å². The number of ether oxygens (including phenoxy) is 4. The molecule has 0 fully saturated rings. The average molecular weight is 559 g/mol. The molecule has 2 heterocycles. The summed E-state index contributed by atoms with van der Waals surface area (Å²) in [5.41, 5.74) is 1.99. The van der Waals surface area contributed by atoms with Crippen molar-refractivity contribution in [3.63, 3.8) is 0 Å². The van der Waals surface area contributed by atoms with Crippen LogP contribution in [0, 0.1) is 0 Å². The summed E-state index contributed by atoms with van der Waals surface area (Å²) in [6, 6.07) is 18.6. The number of nitrogens with zero attached hydrogens (tertiary/aromatic N) is 2. The Labute approximate surface area is 235 Å². The molecule has 9 heteroatoms. The van der Waals surface area contributed by atoms with Gasteiger partial charge in [0.2, 0.25) is 0 Å². The van der Waals surface area contributed by atoms with Crippen LogP contribution in [0.25, 0.3) is 16.8 Å². The number of methoxy groups -OCH3 is 2. The Kier molecular flexibility index (Phi) is 8.14. The van der Waals surface area contributed by atoms with Gasteiger partial charge in [-0.25, -0.2) is 9.79 Å². The van der Waals surface area contributed by atoms with Gasteiger partial charge in [-0.15, -0.1) is 0 Å². The molecule has 1 aliphatic heterocycles. The minimum Gasteiger partial charge on any atom is -0.493 e. The van der Waals surface area contributed by atoms with Crippen molar-refractivity contribution in [3.05, 3.63) is 103 Å². The predicted molar refractivity (Wildman–Crippen MR) is 155 cm³/mol. The summed E-state index contributed by atoms with van der Waals surface area (Å²) in [7, 11) is 3.09. The molecule has 0 bridgehead atoms. The van der Waals surface area contributed by atoms with Crippen LogP contribution < -0.4 is 24.4 Å². The van der Waals surface area contributed by atoms with E-state index in [4.69, 9.17) is 23.9 Å². The van der Waals surface area contributed by atoms with E-state index in [0.29, 0.717) is 38.7 Å². The van der Waals surface area contributed by atoms with Gasteiger partial charge in [-0.3, -0.25) is 9.36 Å². The van der Waals surface area contributed by atoms with E-state index in [9.17, 15) is 9.59 Å². The molecule has 0 radical (unpaired) electrons.